The third-order valence-electron chi connectivity index (χ3n) is 5.56. The molecule has 0 aliphatic heterocycles. The molecule has 234 valence electrons. The number of nitrogens with two attached hydrogens (primary N) is 1. The Labute approximate surface area is 289 Å². The molecule has 43 heavy (non-hydrogen) atoms. The molecule has 2 aromatic heterocycles. The van der Waals surface area contributed by atoms with Gasteiger partial charge in [-0.25, -0.2) is 28.0 Å². The first-order valence-electron chi connectivity index (χ1n) is 13.3. The summed E-state index contributed by atoms with van der Waals surface area (Å²) in [6.07, 6.45) is 8.80. The number of halogens is 4. The fraction of sp³-hybridized carbons (Fsp3) is 0.357. The van der Waals surface area contributed by atoms with E-state index in [-0.39, 0.29) is 27.3 Å². The van der Waals surface area contributed by atoms with E-state index in [1.165, 1.54) is 30.5 Å². The third-order valence-corrected chi connectivity index (χ3v) is 9.35. The summed E-state index contributed by atoms with van der Waals surface area (Å²) in [5, 5.41) is 0.301. The second-order valence-corrected chi connectivity index (χ2v) is 13.8. The van der Waals surface area contributed by atoms with Gasteiger partial charge in [-0.2, -0.15) is 0 Å². The van der Waals surface area contributed by atoms with Crippen LogP contribution < -0.4 is 10.5 Å². The molecule has 0 radical (unpaired) electrons. The smallest absolute Gasteiger partial charge is 0.339 e. The molecule has 10 nitrogen and oxygen atoms in total. The van der Waals surface area contributed by atoms with E-state index >= 15 is 0 Å². The second-order valence-electron chi connectivity index (χ2n) is 9.00. The Kier molecular flexibility index (Phi) is 16.2. The number of hydrogen-bond donors (Lipinski definition) is 2. The van der Waals surface area contributed by atoms with Gasteiger partial charge in [-0.15, -0.1) is 0 Å². The number of hydrogen-bond acceptors (Lipinski definition) is 9. The van der Waals surface area contributed by atoms with Crippen molar-refractivity contribution in [2.24, 2.45) is 0 Å². The lowest BCUT2D eigenvalue weighted by Gasteiger charge is -2.11. The van der Waals surface area contributed by atoms with Gasteiger partial charge in [0.05, 0.1) is 29.4 Å². The molecule has 0 amide bonds. The Hall–Kier alpha value is -1.95. The van der Waals surface area contributed by atoms with Gasteiger partial charge in [-0.3, -0.25) is 4.72 Å². The van der Waals surface area contributed by atoms with Gasteiger partial charge in [-0.1, -0.05) is 62.7 Å². The number of nitrogen functional groups attached to an aromatic ring is 1. The Morgan fingerprint density at radius 2 is 1.40 bits per heavy atom. The van der Waals surface area contributed by atoms with Crippen LogP contribution >= 0.6 is 68.4 Å². The zero-order chi connectivity index (χ0) is 32.0. The summed E-state index contributed by atoms with van der Waals surface area (Å²) in [4.78, 5) is 31.7. The van der Waals surface area contributed by atoms with E-state index in [1.54, 1.807) is 12.3 Å². The SMILES string of the molecule is CCCCCOC(=O)c1cc(N)ncc1I.CCCCCOC(=O)c1cc(NS(=O)(=O)c2ccc(Cl)cc2Cl)ncc1I. The van der Waals surface area contributed by atoms with Crippen LogP contribution in [-0.2, 0) is 19.5 Å². The molecule has 0 unspecified atom stereocenters. The lowest BCUT2D eigenvalue weighted by Crippen LogP contribution is -2.16. The van der Waals surface area contributed by atoms with Crippen molar-refractivity contribution in [1.29, 1.82) is 0 Å². The Balaban J connectivity index is 0.000000344. The predicted octanol–water partition coefficient (Wildman–Crippen LogP) is 7.76. The molecule has 3 aromatic rings. The van der Waals surface area contributed by atoms with Crippen LogP contribution in [0, 0.1) is 7.14 Å². The summed E-state index contributed by atoms with van der Waals surface area (Å²) in [5.41, 5.74) is 6.25. The fourth-order valence-corrected chi connectivity index (χ4v) is 6.14. The molecule has 2 heterocycles. The topological polar surface area (TPSA) is 151 Å². The molecule has 3 rings (SSSR count). The summed E-state index contributed by atoms with van der Waals surface area (Å²) in [6, 6.07) is 6.93. The van der Waals surface area contributed by atoms with Crippen molar-refractivity contribution < 1.29 is 27.5 Å². The number of sulfonamides is 1. The molecule has 3 N–H and O–H groups in total. The van der Waals surface area contributed by atoms with Gasteiger partial charge < -0.3 is 15.2 Å². The predicted molar refractivity (Wildman–Crippen MR) is 185 cm³/mol. The van der Waals surface area contributed by atoms with Crippen LogP contribution in [0.15, 0.2) is 47.6 Å². The maximum atomic E-state index is 12.5. The largest absolute Gasteiger partial charge is 0.462 e. The summed E-state index contributed by atoms with van der Waals surface area (Å²) in [7, 11) is -4.00. The molecule has 0 saturated carbocycles. The molecule has 0 aliphatic rings. The summed E-state index contributed by atoms with van der Waals surface area (Å²) in [6.45, 7) is 4.94. The molecule has 0 saturated heterocycles. The molecule has 0 fully saturated rings. The van der Waals surface area contributed by atoms with E-state index in [0.717, 1.165) is 42.1 Å². The molecule has 15 heteroatoms. The maximum Gasteiger partial charge on any atom is 0.339 e. The quantitative estimate of drug-likeness (QED) is 0.0998. The van der Waals surface area contributed by atoms with Gasteiger partial charge in [0.1, 0.15) is 16.5 Å². The van der Waals surface area contributed by atoms with Crippen LogP contribution in [-0.4, -0.2) is 43.5 Å². The lowest BCUT2D eigenvalue weighted by atomic mass is 10.2. The van der Waals surface area contributed by atoms with Crippen LogP contribution in [0.5, 0.6) is 0 Å². The average molecular weight is 877 g/mol. The summed E-state index contributed by atoms with van der Waals surface area (Å²) in [5.74, 6) is -0.527. The minimum atomic E-state index is -4.00. The van der Waals surface area contributed by atoms with E-state index < -0.39 is 16.0 Å². The number of nitrogens with one attached hydrogen (secondary N) is 1. The Morgan fingerprint density at radius 1 is 0.860 bits per heavy atom. The number of carbonyl (C=O) groups excluding carboxylic acids is 2. The van der Waals surface area contributed by atoms with E-state index in [0.29, 0.717) is 33.2 Å². The van der Waals surface area contributed by atoms with Gasteiger partial charge in [0.2, 0.25) is 0 Å². The van der Waals surface area contributed by atoms with Crippen molar-refractivity contribution in [3.63, 3.8) is 0 Å². The second kappa shape index (κ2) is 18.8. The number of ether oxygens (including phenoxy) is 2. The molecular weight excluding hydrogens is 845 g/mol. The first-order valence-corrected chi connectivity index (χ1v) is 17.7. The minimum Gasteiger partial charge on any atom is -0.462 e. The number of unbranched alkanes of at least 4 members (excludes halogenated alkanes) is 4. The van der Waals surface area contributed by atoms with Crippen LogP contribution in [0.4, 0.5) is 11.6 Å². The Morgan fingerprint density at radius 3 is 1.93 bits per heavy atom. The van der Waals surface area contributed by atoms with E-state index in [9.17, 15) is 18.0 Å². The van der Waals surface area contributed by atoms with Crippen molar-refractivity contribution in [3.05, 3.63) is 71.0 Å². The van der Waals surface area contributed by atoms with Crippen LogP contribution in [0.3, 0.4) is 0 Å². The zero-order valence-corrected chi connectivity index (χ0v) is 30.2. The zero-order valence-electron chi connectivity index (χ0n) is 23.5. The van der Waals surface area contributed by atoms with Crippen molar-refractivity contribution in [2.45, 2.75) is 57.3 Å². The number of esters is 2. The number of benzene rings is 1. The van der Waals surface area contributed by atoms with Gasteiger partial charge in [0.25, 0.3) is 10.0 Å². The molecule has 0 spiro atoms. The van der Waals surface area contributed by atoms with Crippen LogP contribution in [0.1, 0.15) is 73.1 Å². The number of rotatable bonds is 13. The number of pyridine rings is 2. The van der Waals surface area contributed by atoms with Crippen molar-refractivity contribution in [2.75, 3.05) is 23.7 Å². The number of nitrogens with zero attached hydrogens (tertiary/aromatic N) is 2. The lowest BCUT2D eigenvalue weighted by molar-refractivity contribution is 0.0487. The highest BCUT2D eigenvalue weighted by atomic mass is 127. The van der Waals surface area contributed by atoms with Gasteiger partial charge >= 0.3 is 11.9 Å². The van der Waals surface area contributed by atoms with E-state index in [1.807, 2.05) is 45.2 Å². The van der Waals surface area contributed by atoms with Crippen molar-refractivity contribution in [1.82, 2.24) is 9.97 Å². The Bertz CT molecular complexity index is 1510. The summed E-state index contributed by atoms with van der Waals surface area (Å²) < 4.78 is 39.1. The number of carbonyl (C=O) groups is 2. The standard InChI is InChI=1S/C17H17Cl2IN2O4S.C11H15IN2O2/c1-2-3-4-7-26-17(23)12-9-16(21-10-14(12)20)22-27(24,25)15-6-5-11(18)8-13(15)19;1-2-3-4-5-16-11(15)8-6-10(13)14-7-9(8)12/h5-6,8-10H,2-4,7H2,1H3,(H,21,22);6-7H,2-5H2,1H3,(H2,13,14). The molecule has 0 aliphatic carbocycles. The highest BCUT2D eigenvalue weighted by Gasteiger charge is 2.21. The van der Waals surface area contributed by atoms with E-state index in [4.69, 9.17) is 38.4 Å². The van der Waals surface area contributed by atoms with Crippen LogP contribution in [0.25, 0.3) is 0 Å². The van der Waals surface area contributed by atoms with Crippen LogP contribution in [0.2, 0.25) is 10.0 Å². The maximum absolute atomic E-state index is 12.5. The first kappa shape index (κ1) is 37.2. The van der Waals surface area contributed by atoms with Crippen molar-refractivity contribution >= 4 is 102 Å². The van der Waals surface area contributed by atoms with E-state index in [2.05, 4.69) is 28.5 Å². The number of aromatic nitrogens is 2. The first-order chi connectivity index (χ1) is 20.4. The molecule has 0 bridgehead atoms. The normalized spacial score (nSPS) is 10.8. The van der Waals surface area contributed by atoms with Gasteiger partial charge in [0, 0.05) is 24.6 Å². The molecule has 0 atom stereocenters. The van der Waals surface area contributed by atoms with Gasteiger partial charge in [-0.05, 0) is 88.4 Å². The van der Waals surface area contributed by atoms with Gasteiger partial charge in [0.15, 0.2) is 0 Å². The molecular formula is C28H32Cl2I2N4O6S. The molecule has 1 aromatic carbocycles. The average Bonchev–Trinajstić information content (AvgIpc) is 2.95. The third kappa shape index (κ3) is 12.5. The highest BCUT2D eigenvalue weighted by molar-refractivity contribution is 14.1. The summed E-state index contributed by atoms with van der Waals surface area (Å²) >= 11 is 15.8. The fourth-order valence-electron chi connectivity index (χ4n) is 3.34. The number of anilines is 2. The minimum absolute atomic E-state index is 0.0121. The monoisotopic (exact) mass is 876 g/mol. The van der Waals surface area contributed by atoms with Crippen molar-refractivity contribution in [3.8, 4) is 0 Å². The highest BCUT2D eigenvalue weighted by Crippen LogP contribution is 2.27.